The molecular formula is C36H65N2O6P. The molecule has 0 heterocycles. The zero-order valence-electron chi connectivity index (χ0n) is 28.3. The zero-order valence-corrected chi connectivity index (χ0v) is 29.2. The monoisotopic (exact) mass is 652 g/mol. The van der Waals surface area contributed by atoms with E-state index >= 15 is 0 Å². The van der Waals surface area contributed by atoms with Crippen LogP contribution in [0.3, 0.4) is 0 Å². The number of amides is 1. The van der Waals surface area contributed by atoms with Gasteiger partial charge >= 0.3 is 7.82 Å². The summed E-state index contributed by atoms with van der Waals surface area (Å²) in [6.45, 7) is 3.98. The first-order valence-electron chi connectivity index (χ1n) is 17.4. The molecule has 0 aromatic rings. The molecule has 3 unspecified atom stereocenters. The lowest BCUT2D eigenvalue weighted by Crippen LogP contribution is -2.46. The summed E-state index contributed by atoms with van der Waals surface area (Å²) in [6, 6.07) is -0.791. The summed E-state index contributed by atoms with van der Waals surface area (Å²) >= 11 is 0. The van der Waals surface area contributed by atoms with Crippen LogP contribution < -0.4 is 11.1 Å². The molecular weight excluding hydrogens is 587 g/mol. The molecule has 0 bridgehead atoms. The SMILES string of the molecule is CC/C=C\C/C=C\C/C=C\C/C=C\C/C=C\CCCCCC(=O)NC(COP(=O)(O)OCCN)C(O)CCCCCCCCC. The van der Waals surface area contributed by atoms with Gasteiger partial charge in [0.25, 0.3) is 0 Å². The minimum absolute atomic E-state index is 0.0794. The zero-order chi connectivity index (χ0) is 33.3. The number of nitrogens with one attached hydrogen (secondary N) is 1. The quantitative estimate of drug-likeness (QED) is 0.0334. The van der Waals surface area contributed by atoms with E-state index in [4.69, 9.17) is 14.8 Å². The number of carbonyl (C=O) groups is 1. The topological polar surface area (TPSA) is 131 Å². The molecule has 0 aliphatic heterocycles. The Morgan fingerprint density at radius 3 is 1.87 bits per heavy atom. The lowest BCUT2D eigenvalue weighted by atomic mass is 10.0. The minimum Gasteiger partial charge on any atom is -0.391 e. The second kappa shape index (κ2) is 32.2. The second-order valence-electron chi connectivity index (χ2n) is 11.3. The Morgan fingerprint density at radius 1 is 0.756 bits per heavy atom. The summed E-state index contributed by atoms with van der Waals surface area (Å²) in [7, 11) is -4.31. The molecule has 0 aliphatic carbocycles. The predicted molar refractivity (Wildman–Crippen MR) is 189 cm³/mol. The maximum Gasteiger partial charge on any atom is 0.472 e. The number of rotatable bonds is 31. The third-order valence-electron chi connectivity index (χ3n) is 7.14. The Balaban J connectivity index is 4.28. The van der Waals surface area contributed by atoms with Crippen LogP contribution >= 0.6 is 7.82 Å². The fraction of sp³-hybridized carbons (Fsp3) is 0.694. The van der Waals surface area contributed by atoms with Gasteiger partial charge in [0.2, 0.25) is 5.91 Å². The van der Waals surface area contributed by atoms with Crippen LogP contribution in [-0.4, -0.2) is 47.8 Å². The number of phosphoric ester groups is 1. The van der Waals surface area contributed by atoms with Crippen molar-refractivity contribution in [3.63, 3.8) is 0 Å². The molecule has 0 rings (SSSR count). The number of aliphatic hydroxyl groups is 1. The van der Waals surface area contributed by atoms with Gasteiger partial charge in [0.1, 0.15) is 0 Å². The van der Waals surface area contributed by atoms with Crippen LogP contribution in [0.15, 0.2) is 60.8 Å². The predicted octanol–water partition coefficient (Wildman–Crippen LogP) is 8.77. The fourth-order valence-corrected chi connectivity index (χ4v) is 5.27. The molecule has 260 valence electrons. The summed E-state index contributed by atoms with van der Waals surface area (Å²) in [4.78, 5) is 22.5. The Kier molecular flexibility index (Phi) is 30.9. The van der Waals surface area contributed by atoms with E-state index in [-0.39, 0.29) is 25.7 Å². The molecule has 3 atom stereocenters. The Labute approximate surface area is 274 Å². The van der Waals surface area contributed by atoms with Gasteiger partial charge in [-0.3, -0.25) is 13.8 Å². The van der Waals surface area contributed by atoms with E-state index in [1.165, 1.54) is 25.7 Å². The molecule has 1 amide bonds. The van der Waals surface area contributed by atoms with Crippen LogP contribution in [0.25, 0.3) is 0 Å². The molecule has 0 radical (unpaired) electrons. The van der Waals surface area contributed by atoms with E-state index in [1.807, 2.05) is 0 Å². The largest absolute Gasteiger partial charge is 0.472 e. The second-order valence-corrected chi connectivity index (χ2v) is 12.8. The number of hydrogen-bond donors (Lipinski definition) is 4. The maximum atomic E-state index is 12.6. The smallest absolute Gasteiger partial charge is 0.391 e. The third kappa shape index (κ3) is 30.6. The molecule has 0 aliphatic rings. The first kappa shape index (κ1) is 43.2. The van der Waals surface area contributed by atoms with Crippen molar-refractivity contribution in [2.75, 3.05) is 19.8 Å². The fourth-order valence-electron chi connectivity index (χ4n) is 4.51. The third-order valence-corrected chi connectivity index (χ3v) is 8.12. The molecule has 0 fully saturated rings. The van der Waals surface area contributed by atoms with E-state index in [1.54, 1.807) is 0 Å². The van der Waals surface area contributed by atoms with Gasteiger partial charge in [-0.1, -0.05) is 126 Å². The highest BCUT2D eigenvalue weighted by Gasteiger charge is 2.27. The highest BCUT2D eigenvalue weighted by Crippen LogP contribution is 2.43. The molecule has 0 spiro atoms. The van der Waals surface area contributed by atoms with Gasteiger partial charge in [-0.05, 0) is 57.8 Å². The molecule has 5 N–H and O–H groups in total. The summed E-state index contributed by atoms with van der Waals surface area (Å²) < 4.78 is 21.9. The average Bonchev–Trinajstić information content (AvgIpc) is 3.02. The number of aliphatic hydroxyl groups excluding tert-OH is 1. The van der Waals surface area contributed by atoms with E-state index in [0.717, 1.165) is 77.0 Å². The van der Waals surface area contributed by atoms with Crippen molar-refractivity contribution in [2.24, 2.45) is 5.73 Å². The van der Waals surface area contributed by atoms with E-state index in [9.17, 15) is 19.4 Å². The number of allylic oxidation sites excluding steroid dienone is 10. The van der Waals surface area contributed by atoms with Crippen LogP contribution in [0.4, 0.5) is 0 Å². The van der Waals surface area contributed by atoms with Gasteiger partial charge < -0.3 is 21.1 Å². The molecule has 0 aromatic heterocycles. The molecule has 9 heteroatoms. The van der Waals surface area contributed by atoms with Gasteiger partial charge in [-0.15, -0.1) is 0 Å². The van der Waals surface area contributed by atoms with Crippen LogP contribution in [0.5, 0.6) is 0 Å². The molecule has 0 saturated heterocycles. The van der Waals surface area contributed by atoms with Crippen molar-refractivity contribution in [1.82, 2.24) is 5.32 Å². The number of unbranched alkanes of at least 4 members (excludes halogenated alkanes) is 9. The van der Waals surface area contributed by atoms with Gasteiger partial charge in [0.05, 0.1) is 25.4 Å². The van der Waals surface area contributed by atoms with Crippen LogP contribution in [0.1, 0.15) is 129 Å². The van der Waals surface area contributed by atoms with Crippen LogP contribution in [0.2, 0.25) is 0 Å². The maximum absolute atomic E-state index is 12.6. The summed E-state index contributed by atoms with van der Waals surface area (Å²) in [5.41, 5.74) is 5.33. The molecule has 0 saturated carbocycles. The minimum atomic E-state index is -4.31. The molecule has 45 heavy (non-hydrogen) atoms. The normalized spacial score (nSPS) is 15.2. The van der Waals surface area contributed by atoms with Crippen LogP contribution in [-0.2, 0) is 18.4 Å². The Bertz CT molecular complexity index is 887. The van der Waals surface area contributed by atoms with Crippen molar-refractivity contribution in [3.05, 3.63) is 60.8 Å². The van der Waals surface area contributed by atoms with Gasteiger partial charge in [0, 0.05) is 13.0 Å². The summed E-state index contributed by atoms with van der Waals surface area (Å²) in [6.07, 6.45) is 38.1. The lowest BCUT2D eigenvalue weighted by Gasteiger charge is -2.25. The Hall–Kier alpha value is -1.80. The van der Waals surface area contributed by atoms with E-state index in [0.29, 0.717) is 12.8 Å². The van der Waals surface area contributed by atoms with Gasteiger partial charge in [-0.2, -0.15) is 0 Å². The highest BCUT2D eigenvalue weighted by molar-refractivity contribution is 7.47. The number of carbonyl (C=O) groups excluding carboxylic acids is 1. The van der Waals surface area contributed by atoms with Crippen molar-refractivity contribution < 1.29 is 28.4 Å². The lowest BCUT2D eigenvalue weighted by molar-refractivity contribution is -0.123. The van der Waals surface area contributed by atoms with Gasteiger partial charge in [0.15, 0.2) is 0 Å². The Morgan fingerprint density at radius 2 is 1.29 bits per heavy atom. The van der Waals surface area contributed by atoms with Crippen LogP contribution in [0, 0.1) is 0 Å². The summed E-state index contributed by atoms with van der Waals surface area (Å²) in [5.74, 6) is -0.201. The number of hydrogen-bond acceptors (Lipinski definition) is 6. The highest BCUT2D eigenvalue weighted by atomic mass is 31.2. The molecule has 0 aromatic carbocycles. The van der Waals surface area contributed by atoms with Crippen molar-refractivity contribution in [2.45, 2.75) is 142 Å². The number of nitrogens with two attached hydrogens (primary N) is 1. The van der Waals surface area contributed by atoms with Gasteiger partial charge in [-0.25, -0.2) is 4.57 Å². The van der Waals surface area contributed by atoms with E-state index < -0.39 is 20.0 Å². The van der Waals surface area contributed by atoms with Crippen molar-refractivity contribution >= 4 is 13.7 Å². The first-order valence-corrected chi connectivity index (χ1v) is 18.9. The van der Waals surface area contributed by atoms with Crippen molar-refractivity contribution in [1.29, 1.82) is 0 Å². The average molecular weight is 653 g/mol. The number of phosphoric acid groups is 1. The first-order chi connectivity index (χ1) is 21.9. The van der Waals surface area contributed by atoms with E-state index in [2.05, 4.69) is 79.9 Å². The van der Waals surface area contributed by atoms with Crippen molar-refractivity contribution in [3.8, 4) is 0 Å². The standard InChI is InChI=1S/C36H65N2O6P/c1-3-5-7-9-11-12-13-14-15-16-17-18-19-20-21-22-24-26-28-30-36(40)38-34(33-44-45(41,42)43-32-31-37)35(39)29-27-25-23-10-8-6-4-2/h5,7,11-12,14-15,17-18,20-21,34-35,39H,3-4,6,8-10,13,16,19,22-33,37H2,1-2H3,(H,38,40)(H,41,42)/b7-5-,12-11-,15-14-,18-17-,21-20-. The molecule has 8 nitrogen and oxygen atoms in total. The summed E-state index contributed by atoms with van der Waals surface area (Å²) in [5, 5.41) is 13.6.